The van der Waals surface area contributed by atoms with Crippen molar-refractivity contribution in [3.05, 3.63) is 46.5 Å². The zero-order chi connectivity index (χ0) is 44.2. The van der Waals surface area contributed by atoms with E-state index in [1.807, 2.05) is 40.7 Å². The molecule has 0 spiro atoms. The number of benzene rings is 1. The average molecular weight is 883 g/mol. The van der Waals surface area contributed by atoms with E-state index in [1.54, 1.807) is 45.2 Å². The molecule has 0 aromatic heterocycles. The highest BCUT2D eigenvalue weighted by atomic mass is 35.5. The van der Waals surface area contributed by atoms with E-state index in [-0.39, 0.29) is 40.7 Å². The Morgan fingerprint density at radius 1 is 1.19 bits per heavy atom. The summed E-state index contributed by atoms with van der Waals surface area (Å²) >= 11 is 6.80. The van der Waals surface area contributed by atoms with Gasteiger partial charge in [0, 0.05) is 44.2 Å². The Morgan fingerprint density at radius 3 is 2.49 bits per heavy atom. The fourth-order valence-corrected chi connectivity index (χ4v) is 10.3. The van der Waals surface area contributed by atoms with Crippen LogP contribution in [-0.4, -0.2) is 120 Å². The Kier molecular flexibility index (Phi) is 15.7. The van der Waals surface area contributed by atoms with Gasteiger partial charge >= 0.3 is 12.1 Å². The zero-order valence-electron chi connectivity index (χ0n) is 36.1. The lowest BCUT2D eigenvalue weighted by atomic mass is 9.73. The van der Waals surface area contributed by atoms with Crippen LogP contribution in [0.25, 0.3) is 0 Å². The van der Waals surface area contributed by atoms with Gasteiger partial charge in [-0.05, 0) is 72.1 Å². The first-order valence-corrected chi connectivity index (χ1v) is 22.2. The highest BCUT2D eigenvalue weighted by Crippen LogP contribution is 2.54. The van der Waals surface area contributed by atoms with Gasteiger partial charge in [0.05, 0.1) is 31.1 Å². The smallest absolute Gasteiger partial charge is 0.409 e. The molecule has 3 heterocycles. The second-order valence-corrected chi connectivity index (χ2v) is 20.5. The van der Waals surface area contributed by atoms with Crippen LogP contribution in [0.15, 0.2) is 35.9 Å². The molecule has 7 atom stereocenters. The third kappa shape index (κ3) is 11.6. The van der Waals surface area contributed by atoms with Crippen molar-refractivity contribution in [1.29, 1.82) is 0 Å². The predicted molar refractivity (Wildman–Crippen MR) is 230 cm³/mol. The molecule has 328 valence electrons. The molecule has 4 rings (SSSR count). The number of likely N-dealkylation sites (N-methyl/N-ethyl adjacent to an activating group) is 1. The number of epoxide rings is 1. The predicted octanol–water partition coefficient (Wildman–Crippen LogP) is 6.43. The molecule has 1 aromatic rings. The van der Waals surface area contributed by atoms with E-state index in [0.717, 1.165) is 11.1 Å². The summed E-state index contributed by atoms with van der Waals surface area (Å²) in [5, 5.41) is 14.6. The van der Waals surface area contributed by atoms with Crippen LogP contribution >= 0.6 is 33.2 Å². The Hall–Kier alpha value is -3.28. The van der Waals surface area contributed by atoms with Gasteiger partial charge in [0.25, 0.3) is 0 Å². The number of fused-ring (bicyclic) bond motifs is 5. The van der Waals surface area contributed by atoms with E-state index >= 15 is 0 Å². The minimum atomic E-state index is -1.87. The maximum atomic E-state index is 14.3. The number of ether oxygens (including phenoxy) is 5. The van der Waals surface area contributed by atoms with E-state index < -0.39 is 65.2 Å². The summed E-state index contributed by atoms with van der Waals surface area (Å²) in [5.41, 5.74) is -2.05. The van der Waals surface area contributed by atoms with Gasteiger partial charge in [0.2, 0.25) is 11.8 Å². The zero-order valence-corrected chi connectivity index (χ0v) is 38.5. The van der Waals surface area contributed by atoms with Crippen LogP contribution in [0.2, 0.25) is 5.02 Å². The van der Waals surface area contributed by atoms with Gasteiger partial charge in [-0.2, -0.15) is 0 Å². The molecule has 0 radical (unpaired) electrons. The van der Waals surface area contributed by atoms with Gasteiger partial charge in [0.15, 0.2) is 5.72 Å². The van der Waals surface area contributed by atoms with E-state index in [0.29, 0.717) is 30.0 Å². The fraction of sp³-hybridized carbons (Fsp3) is 0.643. The quantitative estimate of drug-likeness (QED) is 0.134. The van der Waals surface area contributed by atoms with Crippen molar-refractivity contribution in [2.45, 2.75) is 134 Å². The lowest BCUT2D eigenvalue weighted by molar-refractivity contribution is -0.162. The summed E-state index contributed by atoms with van der Waals surface area (Å²) in [4.78, 5) is 68.9. The first-order chi connectivity index (χ1) is 27.4. The van der Waals surface area contributed by atoms with Crippen LogP contribution in [0, 0.1) is 5.41 Å². The van der Waals surface area contributed by atoms with Crippen molar-refractivity contribution in [3.63, 3.8) is 0 Å². The lowest BCUT2D eigenvalue weighted by Crippen LogP contribution is -2.65. The number of halogens is 1. The number of nitrogens with zero attached hydrogens (tertiary/aromatic N) is 2. The van der Waals surface area contributed by atoms with Crippen LogP contribution < -0.4 is 15.0 Å². The molecule has 0 unspecified atom stereocenters. The Labute approximate surface area is 360 Å². The number of amides is 3. The summed E-state index contributed by atoms with van der Waals surface area (Å²) in [6.45, 7) is 14.4. The number of aliphatic hydroxyl groups is 1. The first kappa shape index (κ1) is 48.4. The van der Waals surface area contributed by atoms with Crippen LogP contribution in [-0.2, 0) is 44.5 Å². The number of hydrogen-bond donors (Lipinski definition) is 2. The number of Topliss-reactive ketones (excluding diaryl/α,β-unsaturated/α-hetero) is 1. The summed E-state index contributed by atoms with van der Waals surface area (Å²) in [6, 6.07) is 2.55. The van der Waals surface area contributed by atoms with Gasteiger partial charge < -0.3 is 38.6 Å². The third-order valence-electron chi connectivity index (χ3n) is 11.4. The highest BCUT2D eigenvalue weighted by Gasteiger charge is 2.68. The number of rotatable bonds is 12. The largest absolute Gasteiger partial charge is 0.495 e. The summed E-state index contributed by atoms with van der Waals surface area (Å²) in [5.74, 6) is -0.677. The minimum absolute atomic E-state index is 0.0698. The standard InChI is InChI=1S/C42H60ClN3O11S2/c1-24-14-13-15-30(54-12)42(52)22-32(56-38(51)44-42)40(6,7)37-41(8,57-37)31(21-34(49)46(10)28-19-27(18-24)20-29(53-11)35(28)43)55-36(50)26(3)45(9)33(48)16-17-39(4,5)59-58-23-25(2)47/h13-15,19-20,26,30-32,37,52H,16-18,21-23H2,1-12H3,(H,44,51)/b15-13+,24-14+/t26-,30+,31-,32-,37-,41-,42-/m0/s1. The normalized spacial score (nSPS) is 29.1. The molecular weight excluding hydrogens is 822 g/mol. The second-order valence-electron chi connectivity index (χ2n) is 17.1. The average Bonchev–Trinajstić information content (AvgIpc) is 3.87. The molecule has 17 heteroatoms. The van der Waals surface area contributed by atoms with Gasteiger partial charge in [-0.25, -0.2) is 9.59 Å². The molecule has 2 saturated heterocycles. The molecule has 3 amide bonds. The molecule has 2 fully saturated rings. The number of carbonyl (C=O) groups excluding carboxylic acids is 5. The van der Waals surface area contributed by atoms with Crippen molar-refractivity contribution in [3.8, 4) is 5.75 Å². The van der Waals surface area contributed by atoms with Crippen molar-refractivity contribution in [2.24, 2.45) is 5.41 Å². The number of nitrogens with one attached hydrogen (secondary N) is 1. The molecule has 0 saturated carbocycles. The van der Waals surface area contributed by atoms with E-state index in [1.165, 1.54) is 59.6 Å². The number of esters is 1. The van der Waals surface area contributed by atoms with Gasteiger partial charge in [-0.1, -0.05) is 70.8 Å². The SMILES string of the molecule is COc1cc2cc(c1Cl)N(C)C(=O)C[C@H](OC(=O)[C@H](C)N(C)C(=O)CCC(C)(C)SSCC(C)=O)[C@]1(C)O[C@H]1C(C)(C)[C@@H]1C[C@@](O)(NC(=O)O1)[C@H](OC)/C=C/C=C(\C)C2. The van der Waals surface area contributed by atoms with Gasteiger partial charge in [-0.3, -0.25) is 19.7 Å². The third-order valence-corrected chi connectivity index (χ3v) is 15.1. The van der Waals surface area contributed by atoms with Gasteiger partial charge in [0.1, 0.15) is 46.5 Å². The number of carbonyl (C=O) groups is 5. The molecule has 3 aliphatic heterocycles. The maximum Gasteiger partial charge on any atom is 0.409 e. The molecule has 3 aliphatic rings. The molecular formula is C42H60ClN3O11S2. The van der Waals surface area contributed by atoms with E-state index in [4.69, 9.17) is 35.3 Å². The summed E-state index contributed by atoms with van der Waals surface area (Å²) < 4.78 is 29.3. The van der Waals surface area contributed by atoms with Crippen molar-refractivity contribution >= 4 is 68.5 Å². The van der Waals surface area contributed by atoms with E-state index in [9.17, 15) is 29.1 Å². The lowest BCUT2D eigenvalue weighted by Gasteiger charge is -2.45. The topological polar surface area (TPSA) is 174 Å². The Bertz CT molecular complexity index is 1840. The number of ketones is 1. The maximum absolute atomic E-state index is 14.3. The van der Waals surface area contributed by atoms with Gasteiger partial charge in [-0.15, -0.1) is 0 Å². The molecule has 2 N–H and O–H groups in total. The molecule has 59 heavy (non-hydrogen) atoms. The van der Waals surface area contributed by atoms with Crippen molar-refractivity contribution in [2.75, 3.05) is 39.0 Å². The Balaban J connectivity index is 1.70. The minimum Gasteiger partial charge on any atom is -0.495 e. The summed E-state index contributed by atoms with van der Waals surface area (Å²) in [7, 11) is 9.00. The molecule has 14 nitrogen and oxygen atoms in total. The first-order valence-electron chi connectivity index (χ1n) is 19.5. The number of anilines is 1. The van der Waals surface area contributed by atoms with E-state index in [2.05, 4.69) is 5.32 Å². The Morgan fingerprint density at radius 2 is 1.86 bits per heavy atom. The number of allylic oxidation sites excluding steroid dienone is 3. The van der Waals surface area contributed by atoms with Crippen LogP contribution in [0.5, 0.6) is 5.75 Å². The number of methoxy groups -OCH3 is 2. The van der Waals surface area contributed by atoms with Crippen molar-refractivity contribution in [1.82, 2.24) is 10.2 Å². The van der Waals surface area contributed by atoms with Crippen molar-refractivity contribution < 1.29 is 52.8 Å². The number of alkyl carbamates (subject to hydrolysis) is 1. The number of hydrogen-bond acceptors (Lipinski definition) is 13. The molecule has 4 bridgehead atoms. The second kappa shape index (κ2) is 19.2. The summed E-state index contributed by atoms with van der Waals surface area (Å²) in [6.07, 6.45) is 1.27. The molecule has 1 aromatic carbocycles. The van der Waals surface area contributed by atoms with Crippen LogP contribution in [0.3, 0.4) is 0 Å². The highest BCUT2D eigenvalue weighted by molar-refractivity contribution is 8.77. The molecule has 0 aliphatic carbocycles. The van der Waals surface area contributed by atoms with Crippen LogP contribution in [0.4, 0.5) is 10.5 Å². The monoisotopic (exact) mass is 881 g/mol. The fourth-order valence-electron chi connectivity index (χ4n) is 7.41. The van der Waals surface area contributed by atoms with Crippen LogP contribution in [0.1, 0.15) is 86.6 Å².